The normalized spacial score (nSPS) is 10.9. The Balaban J connectivity index is 2.05. The Labute approximate surface area is 120 Å². The van der Waals surface area contributed by atoms with Gasteiger partial charge >= 0.3 is 0 Å². The second kappa shape index (κ2) is 4.82. The van der Waals surface area contributed by atoms with Crippen LogP contribution in [0.4, 0.5) is 4.39 Å². The average Bonchev–Trinajstić information content (AvgIpc) is 2.77. The largest absolute Gasteiger partial charge is 0.438 e. The standard InChI is InChI=1S/C12H7BrFN3OS/c1-6-10-11(15-5-16-12(10)19-17-6)18-7-2-3-8(13)9(14)4-7/h2-5H,1H3. The maximum atomic E-state index is 13.4. The molecule has 0 radical (unpaired) electrons. The first-order valence-electron chi connectivity index (χ1n) is 5.35. The Morgan fingerprint density at radius 1 is 1.32 bits per heavy atom. The van der Waals surface area contributed by atoms with Crippen LogP contribution in [-0.4, -0.2) is 14.3 Å². The lowest BCUT2D eigenvalue weighted by Gasteiger charge is -2.06. The summed E-state index contributed by atoms with van der Waals surface area (Å²) in [6.07, 6.45) is 1.41. The Hall–Kier alpha value is -1.60. The fourth-order valence-electron chi connectivity index (χ4n) is 1.62. The second-order valence-corrected chi connectivity index (χ2v) is 5.41. The van der Waals surface area contributed by atoms with Crippen LogP contribution in [0.15, 0.2) is 29.0 Å². The zero-order valence-electron chi connectivity index (χ0n) is 9.72. The third-order valence-corrected chi connectivity index (χ3v) is 4.00. The highest BCUT2D eigenvalue weighted by Gasteiger charge is 2.12. The lowest BCUT2D eigenvalue weighted by molar-refractivity contribution is 0.462. The van der Waals surface area contributed by atoms with Crippen molar-refractivity contribution in [3.05, 3.63) is 40.5 Å². The van der Waals surface area contributed by atoms with Crippen molar-refractivity contribution in [3.63, 3.8) is 0 Å². The number of aromatic nitrogens is 3. The molecule has 2 heterocycles. The molecule has 7 heteroatoms. The van der Waals surface area contributed by atoms with Gasteiger partial charge in [0.15, 0.2) is 4.83 Å². The Bertz CT molecular complexity index is 762. The van der Waals surface area contributed by atoms with Gasteiger partial charge in [-0.1, -0.05) is 0 Å². The van der Waals surface area contributed by atoms with Crippen molar-refractivity contribution in [2.24, 2.45) is 0 Å². The summed E-state index contributed by atoms with van der Waals surface area (Å²) in [4.78, 5) is 8.96. The number of benzene rings is 1. The van der Waals surface area contributed by atoms with E-state index in [0.29, 0.717) is 16.1 Å². The predicted octanol–water partition coefficient (Wildman–Crippen LogP) is 4.09. The molecule has 0 saturated carbocycles. The molecular formula is C12H7BrFN3OS. The molecule has 0 spiro atoms. The summed E-state index contributed by atoms with van der Waals surface area (Å²) in [5, 5.41) is 0.760. The number of fused-ring (bicyclic) bond motifs is 1. The van der Waals surface area contributed by atoms with Crippen molar-refractivity contribution in [1.29, 1.82) is 0 Å². The van der Waals surface area contributed by atoms with Gasteiger partial charge in [-0.2, -0.15) is 4.37 Å². The first-order chi connectivity index (χ1) is 9.15. The highest BCUT2D eigenvalue weighted by Crippen LogP contribution is 2.31. The zero-order valence-corrected chi connectivity index (χ0v) is 12.1. The van der Waals surface area contributed by atoms with Crippen LogP contribution in [0.2, 0.25) is 0 Å². The number of aryl methyl sites for hydroxylation is 1. The van der Waals surface area contributed by atoms with E-state index in [1.54, 1.807) is 12.1 Å². The molecular weight excluding hydrogens is 333 g/mol. The number of hydrogen-bond acceptors (Lipinski definition) is 5. The quantitative estimate of drug-likeness (QED) is 0.705. The van der Waals surface area contributed by atoms with Crippen LogP contribution in [0, 0.1) is 12.7 Å². The summed E-state index contributed by atoms with van der Waals surface area (Å²) < 4.78 is 23.7. The minimum atomic E-state index is -0.386. The molecule has 0 N–H and O–H groups in total. The second-order valence-electron chi connectivity index (χ2n) is 3.80. The predicted molar refractivity (Wildman–Crippen MR) is 74.1 cm³/mol. The maximum Gasteiger partial charge on any atom is 0.232 e. The minimum Gasteiger partial charge on any atom is -0.438 e. The molecule has 0 saturated heterocycles. The van der Waals surface area contributed by atoms with Crippen LogP contribution in [0.25, 0.3) is 10.2 Å². The van der Waals surface area contributed by atoms with Gasteiger partial charge in [0.25, 0.3) is 0 Å². The van der Waals surface area contributed by atoms with E-state index in [0.717, 1.165) is 15.9 Å². The Morgan fingerprint density at radius 3 is 2.95 bits per heavy atom. The smallest absolute Gasteiger partial charge is 0.232 e. The van der Waals surface area contributed by atoms with Crippen molar-refractivity contribution in [2.75, 3.05) is 0 Å². The van der Waals surface area contributed by atoms with Crippen LogP contribution in [0.3, 0.4) is 0 Å². The molecule has 3 rings (SSSR count). The van der Waals surface area contributed by atoms with Gasteiger partial charge in [-0.15, -0.1) is 0 Å². The topological polar surface area (TPSA) is 47.9 Å². The maximum absolute atomic E-state index is 13.4. The van der Waals surface area contributed by atoms with E-state index in [1.165, 1.54) is 23.9 Å². The summed E-state index contributed by atoms with van der Waals surface area (Å²) in [5.41, 5.74) is 0.799. The van der Waals surface area contributed by atoms with Crippen molar-refractivity contribution in [1.82, 2.24) is 14.3 Å². The van der Waals surface area contributed by atoms with E-state index in [4.69, 9.17) is 4.74 Å². The first kappa shape index (κ1) is 12.4. The average molecular weight is 340 g/mol. The highest BCUT2D eigenvalue weighted by molar-refractivity contribution is 9.10. The minimum absolute atomic E-state index is 0.381. The molecule has 0 aliphatic rings. The van der Waals surface area contributed by atoms with Crippen LogP contribution >= 0.6 is 27.5 Å². The number of rotatable bonds is 2. The summed E-state index contributed by atoms with van der Waals surface area (Å²) in [6, 6.07) is 4.55. The van der Waals surface area contributed by atoms with E-state index in [9.17, 15) is 4.39 Å². The van der Waals surface area contributed by atoms with Crippen LogP contribution in [0.5, 0.6) is 11.6 Å². The lowest BCUT2D eigenvalue weighted by Crippen LogP contribution is -1.91. The van der Waals surface area contributed by atoms with Crippen molar-refractivity contribution in [3.8, 4) is 11.6 Å². The molecule has 2 aromatic heterocycles. The summed E-state index contributed by atoms with van der Waals surface area (Å²) in [6.45, 7) is 1.86. The van der Waals surface area contributed by atoms with Gasteiger partial charge in [0.1, 0.15) is 17.9 Å². The van der Waals surface area contributed by atoms with Crippen molar-refractivity contribution in [2.45, 2.75) is 6.92 Å². The summed E-state index contributed by atoms with van der Waals surface area (Å²) >= 11 is 4.38. The molecule has 96 valence electrons. The number of ether oxygens (including phenoxy) is 1. The number of halogens is 2. The van der Waals surface area contributed by atoms with Gasteiger partial charge < -0.3 is 4.74 Å². The zero-order chi connectivity index (χ0) is 13.4. The van der Waals surface area contributed by atoms with Crippen LogP contribution in [0.1, 0.15) is 5.69 Å². The van der Waals surface area contributed by atoms with Crippen molar-refractivity contribution >= 4 is 37.7 Å². The third-order valence-electron chi connectivity index (χ3n) is 2.51. The fraction of sp³-hybridized carbons (Fsp3) is 0.0833. The lowest BCUT2D eigenvalue weighted by atomic mass is 10.3. The number of hydrogen-bond donors (Lipinski definition) is 0. The summed E-state index contributed by atoms with van der Waals surface area (Å²) in [7, 11) is 0. The molecule has 0 unspecified atom stereocenters. The van der Waals surface area contributed by atoms with E-state index in [1.807, 2.05) is 6.92 Å². The number of nitrogens with zero attached hydrogens (tertiary/aromatic N) is 3. The molecule has 0 atom stereocenters. The van der Waals surface area contributed by atoms with E-state index < -0.39 is 0 Å². The molecule has 1 aromatic carbocycles. The van der Waals surface area contributed by atoms with E-state index >= 15 is 0 Å². The Kier molecular flexibility index (Phi) is 3.16. The van der Waals surface area contributed by atoms with Gasteiger partial charge in [-0.05, 0) is 46.5 Å². The SMILES string of the molecule is Cc1nsc2ncnc(Oc3ccc(Br)c(F)c3)c12. The van der Waals surface area contributed by atoms with Gasteiger partial charge in [0.05, 0.1) is 15.6 Å². The molecule has 0 amide bonds. The molecule has 0 aliphatic carbocycles. The van der Waals surface area contributed by atoms with Crippen LogP contribution < -0.4 is 4.74 Å². The van der Waals surface area contributed by atoms with Gasteiger partial charge in [-0.3, -0.25) is 0 Å². The fourth-order valence-corrected chi connectivity index (χ4v) is 2.60. The molecule has 0 fully saturated rings. The van der Waals surface area contributed by atoms with E-state index in [-0.39, 0.29) is 5.82 Å². The van der Waals surface area contributed by atoms with Gasteiger partial charge in [0, 0.05) is 6.07 Å². The third kappa shape index (κ3) is 2.31. The molecule has 4 nitrogen and oxygen atoms in total. The highest BCUT2D eigenvalue weighted by atomic mass is 79.9. The monoisotopic (exact) mass is 339 g/mol. The molecule has 19 heavy (non-hydrogen) atoms. The molecule has 0 bridgehead atoms. The van der Waals surface area contributed by atoms with Gasteiger partial charge in [-0.25, -0.2) is 14.4 Å². The van der Waals surface area contributed by atoms with E-state index in [2.05, 4.69) is 30.3 Å². The Morgan fingerprint density at radius 2 is 2.16 bits per heavy atom. The molecule has 3 aromatic rings. The summed E-state index contributed by atoms with van der Waals surface area (Å²) in [5.74, 6) is 0.382. The van der Waals surface area contributed by atoms with Gasteiger partial charge in [0.2, 0.25) is 5.88 Å². The first-order valence-corrected chi connectivity index (χ1v) is 6.91. The van der Waals surface area contributed by atoms with Crippen LogP contribution in [-0.2, 0) is 0 Å². The molecule has 0 aliphatic heterocycles. The van der Waals surface area contributed by atoms with Crippen molar-refractivity contribution < 1.29 is 9.13 Å².